The van der Waals surface area contributed by atoms with Crippen LogP contribution in [0, 0.1) is 19.8 Å². The molecule has 1 aromatic heterocycles. The minimum Gasteiger partial charge on any atom is -0.337 e. The van der Waals surface area contributed by atoms with Crippen LogP contribution < -0.4 is 0 Å². The van der Waals surface area contributed by atoms with Gasteiger partial charge in [-0.1, -0.05) is 48.0 Å². The second-order valence-corrected chi connectivity index (χ2v) is 12.3. The topological polar surface area (TPSA) is 57.7 Å². The molecular weight excluding hydrogens is 464 g/mol. The van der Waals surface area contributed by atoms with E-state index in [1.54, 1.807) is 23.5 Å². The molecule has 0 aliphatic carbocycles. The van der Waals surface area contributed by atoms with E-state index in [2.05, 4.69) is 31.2 Å². The molecular formula is C27H32N2O3S2. The number of amides is 1. The Morgan fingerprint density at radius 3 is 2.26 bits per heavy atom. The molecule has 1 aliphatic heterocycles. The van der Waals surface area contributed by atoms with E-state index in [4.69, 9.17) is 0 Å². The second kappa shape index (κ2) is 10.8. The van der Waals surface area contributed by atoms with E-state index in [0.717, 1.165) is 12.0 Å². The summed E-state index contributed by atoms with van der Waals surface area (Å²) in [6.07, 6.45) is 1.90. The third-order valence-electron chi connectivity index (χ3n) is 6.43. The molecule has 0 atom stereocenters. The van der Waals surface area contributed by atoms with Crippen LogP contribution in [0.3, 0.4) is 0 Å². The molecule has 7 heteroatoms. The van der Waals surface area contributed by atoms with Crippen LogP contribution in [0.2, 0.25) is 0 Å². The van der Waals surface area contributed by atoms with E-state index in [1.165, 1.54) is 19.6 Å². The fourth-order valence-electron chi connectivity index (χ4n) is 4.39. The van der Waals surface area contributed by atoms with Gasteiger partial charge < -0.3 is 4.90 Å². The molecule has 0 unspecified atom stereocenters. The SMILES string of the molecule is Cc1ccc(S(=O)(=O)N2CCC(C(=O)N(CCc3ccccc3)Cc3ccc(C)s3)CC2)cc1. The van der Waals surface area contributed by atoms with Crippen LogP contribution in [0.1, 0.15) is 33.7 Å². The Bertz CT molecular complexity index is 1200. The number of nitrogens with zero attached hydrogens (tertiary/aromatic N) is 2. The lowest BCUT2D eigenvalue weighted by molar-refractivity contribution is -0.137. The van der Waals surface area contributed by atoms with E-state index in [0.29, 0.717) is 43.9 Å². The quantitative estimate of drug-likeness (QED) is 0.439. The maximum absolute atomic E-state index is 13.6. The molecule has 0 bridgehead atoms. The van der Waals surface area contributed by atoms with Gasteiger partial charge in [0.15, 0.2) is 0 Å². The molecule has 0 N–H and O–H groups in total. The van der Waals surface area contributed by atoms with Crippen LogP contribution in [0.25, 0.3) is 0 Å². The molecule has 0 spiro atoms. The van der Waals surface area contributed by atoms with Gasteiger partial charge in [0.25, 0.3) is 0 Å². The highest BCUT2D eigenvalue weighted by Crippen LogP contribution is 2.27. The standard InChI is InChI=1S/C27H32N2O3S2/c1-21-8-12-26(13-9-21)34(31,32)29-18-15-24(16-19-29)27(30)28(20-25-11-10-22(2)33-25)17-14-23-6-4-3-5-7-23/h3-13,24H,14-20H2,1-2H3. The van der Waals surface area contributed by atoms with E-state index in [1.807, 2.05) is 42.2 Å². The van der Waals surface area contributed by atoms with E-state index in [9.17, 15) is 13.2 Å². The molecule has 5 nitrogen and oxygen atoms in total. The van der Waals surface area contributed by atoms with Crippen LogP contribution in [0.4, 0.5) is 0 Å². The van der Waals surface area contributed by atoms with Gasteiger partial charge in [-0.3, -0.25) is 4.79 Å². The minimum atomic E-state index is -3.53. The molecule has 34 heavy (non-hydrogen) atoms. The number of hydrogen-bond donors (Lipinski definition) is 0. The summed E-state index contributed by atoms with van der Waals surface area (Å²) in [7, 11) is -3.53. The van der Waals surface area contributed by atoms with Gasteiger partial charge in [-0.2, -0.15) is 4.31 Å². The molecule has 2 heterocycles. The van der Waals surface area contributed by atoms with Crippen molar-refractivity contribution in [3.63, 3.8) is 0 Å². The number of piperidine rings is 1. The Morgan fingerprint density at radius 2 is 1.65 bits per heavy atom. The Kier molecular flexibility index (Phi) is 7.86. The van der Waals surface area contributed by atoms with Crippen molar-refractivity contribution in [3.8, 4) is 0 Å². The first-order chi connectivity index (χ1) is 16.3. The molecule has 2 aromatic carbocycles. The van der Waals surface area contributed by atoms with Gasteiger partial charge in [0, 0.05) is 35.3 Å². The number of sulfonamides is 1. The smallest absolute Gasteiger partial charge is 0.243 e. The van der Waals surface area contributed by atoms with Crippen molar-refractivity contribution in [2.24, 2.45) is 5.92 Å². The molecule has 0 saturated carbocycles. The third-order valence-corrected chi connectivity index (χ3v) is 9.33. The Morgan fingerprint density at radius 1 is 0.971 bits per heavy atom. The predicted molar refractivity (Wildman–Crippen MR) is 137 cm³/mol. The minimum absolute atomic E-state index is 0.134. The Labute approximate surface area is 207 Å². The maximum atomic E-state index is 13.6. The highest BCUT2D eigenvalue weighted by molar-refractivity contribution is 7.89. The molecule has 3 aromatic rings. The van der Waals surface area contributed by atoms with Crippen LogP contribution in [0.15, 0.2) is 71.6 Å². The third kappa shape index (κ3) is 5.95. The zero-order valence-corrected chi connectivity index (χ0v) is 21.4. The lowest BCUT2D eigenvalue weighted by Gasteiger charge is -2.33. The number of carbonyl (C=O) groups excluding carboxylic acids is 1. The summed E-state index contributed by atoms with van der Waals surface area (Å²) >= 11 is 1.72. The van der Waals surface area contributed by atoms with Crippen molar-refractivity contribution >= 4 is 27.3 Å². The van der Waals surface area contributed by atoms with Crippen molar-refractivity contribution in [2.45, 2.75) is 44.6 Å². The highest BCUT2D eigenvalue weighted by atomic mass is 32.2. The largest absolute Gasteiger partial charge is 0.337 e. The number of hydrogen-bond acceptors (Lipinski definition) is 4. The van der Waals surface area contributed by atoms with Crippen molar-refractivity contribution < 1.29 is 13.2 Å². The molecule has 4 rings (SSSR count). The van der Waals surface area contributed by atoms with Crippen molar-refractivity contribution in [1.29, 1.82) is 0 Å². The van der Waals surface area contributed by atoms with Crippen LogP contribution >= 0.6 is 11.3 Å². The first-order valence-electron chi connectivity index (χ1n) is 11.8. The Hall–Kier alpha value is -2.48. The predicted octanol–water partition coefficient (Wildman–Crippen LogP) is 5.04. The van der Waals surface area contributed by atoms with Gasteiger partial charge in [0.05, 0.1) is 11.4 Å². The van der Waals surface area contributed by atoms with E-state index < -0.39 is 10.0 Å². The zero-order valence-electron chi connectivity index (χ0n) is 19.8. The first-order valence-corrected chi connectivity index (χ1v) is 14.0. The van der Waals surface area contributed by atoms with Crippen molar-refractivity contribution in [2.75, 3.05) is 19.6 Å². The molecule has 1 saturated heterocycles. The fraction of sp³-hybridized carbons (Fsp3) is 0.370. The van der Waals surface area contributed by atoms with Gasteiger partial charge in [-0.05, 0) is 62.9 Å². The van der Waals surface area contributed by atoms with Crippen molar-refractivity contribution in [3.05, 3.63) is 87.6 Å². The van der Waals surface area contributed by atoms with E-state index in [-0.39, 0.29) is 11.8 Å². The van der Waals surface area contributed by atoms with Gasteiger partial charge >= 0.3 is 0 Å². The van der Waals surface area contributed by atoms with Crippen molar-refractivity contribution in [1.82, 2.24) is 9.21 Å². The van der Waals surface area contributed by atoms with Gasteiger partial charge in [-0.25, -0.2) is 8.42 Å². The molecule has 1 fully saturated rings. The Balaban J connectivity index is 1.42. The summed E-state index contributed by atoms with van der Waals surface area (Å²) in [6, 6.07) is 21.4. The number of benzene rings is 2. The number of aryl methyl sites for hydroxylation is 2. The summed E-state index contributed by atoms with van der Waals surface area (Å²) in [6.45, 7) is 6.02. The molecule has 180 valence electrons. The lowest BCUT2D eigenvalue weighted by Crippen LogP contribution is -2.44. The van der Waals surface area contributed by atoms with Gasteiger partial charge in [0.1, 0.15) is 0 Å². The van der Waals surface area contributed by atoms with Crippen LogP contribution in [0.5, 0.6) is 0 Å². The number of thiophene rings is 1. The average molecular weight is 497 g/mol. The number of rotatable bonds is 8. The van der Waals surface area contributed by atoms with Gasteiger partial charge in [0.2, 0.25) is 15.9 Å². The summed E-state index contributed by atoms with van der Waals surface area (Å²) < 4.78 is 27.6. The monoisotopic (exact) mass is 496 g/mol. The summed E-state index contributed by atoms with van der Waals surface area (Å²) in [5.41, 5.74) is 2.24. The van der Waals surface area contributed by atoms with E-state index >= 15 is 0 Å². The first kappa shape index (κ1) is 24.6. The second-order valence-electron chi connectivity index (χ2n) is 9.00. The van der Waals surface area contributed by atoms with Gasteiger partial charge in [-0.15, -0.1) is 11.3 Å². The summed E-state index contributed by atoms with van der Waals surface area (Å²) in [5.74, 6) is -0.0179. The number of carbonyl (C=O) groups is 1. The molecule has 1 amide bonds. The lowest BCUT2D eigenvalue weighted by atomic mass is 9.96. The van der Waals surface area contributed by atoms with Crippen LogP contribution in [-0.2, 0) is 27.8 Å². The average Bonchev–Trinajstić information content (AvgIpc) is 3.27. The fourth-order valence-corrected chi connectivity index (χ4v) is 6.77. The summed E-state index contributed by atoms with van der Waals surface area (Å²) in [4.78, 5) is 18.3. The summed E-state index contributed by atoms with van der Waals surface area (Å²) in [5, 5.41) is 0. The highest BCUT2D eigenvalue weighted by Gasteiger charge is 2.34. The van der Waals surface area contributed by atoms with Crippen LogP contribution in [-0.4, -0.2) is 43.2 Å². The maximum Gasteiger partial charge on any atom is 0.243 e. The normalized spacial score (nSPS) is 15.4. The molecule has 0 radical (unpaired) electrons. The molecule has 1 aliphatic rings. The zero-order chi connectivity index (χ0) is 24.1.